The molecule has 0 bridgehead atoms. The Kier molecular flexibility index (Phi) is 4.99. The van der Waals surface area contributed by atoms with Crippen LogP contribution in [0.1, 0.15) is 16.2 Å². The zero-order chi connectivity index (χ0) is 19.8. The van der Waals surface area contributed by atoms with Gasteiger partial charge in [0.15, 0.2) is 0 Å². The van der Waals surface area contributed by atoms with Crippen LogP contribution in [0.4, 0.5) is 16.2 Å². The summed E-state index contributed by atoms with van der Waals surface area (Å²) in [6.45, 7) is 2.35. The van der Waals surface area contributed by atoms with Crippen LogP contribution in [0.25, 0.3) is 0 Å². The van der Waals surface area contributed by atoms with Gasteiger partial charge < -0.3 is 10.2 Å². The van der Waals surface area contributed by atoms with Crippen molar-refractivity contribution in [1.29, 1.82) is 0 Å². The number of carbonyl (C=O) groups excluding carboxylic acids is 3. The molecule has 2 aliphatic rings. The summed E-state index contributed by atoms with van der Waals surface area (Å²) in [5.41, 5.74) is 1.80. The van der Waals surface area contributed by atoms with E-state index in [0.29, 0.717) is 29.4 Å². The largest absolute Gasteiger partial charge is 0.332 e. The van der Waals surface area contributed by atoms with Crippen LogP contribution in [0, 0.1) is 6.92 Å². The fourth-order valence-electron chi connectivity index (χ4n) is 3.26. The van der Waals surface area contributed by atoms with Crippen molar-refractivity contribution < 1.29 is 14.4 Å². The first-order valence-corrected chi connectivity index (χ1v) is 10.3. The number of amides is 4. The van der Waals surface area contributed by atoms with Crippen molar-refractivity contribution in [2.24, 2.45) is 0 Å². The summed E-state index contributed by atoms with van der Waals surface area (Å²) < 4.78 is 0. The van der Waals surface area contributed by atoms with Crippen molar-refractivity contribution in [3.8, 4) is 0 Å². The molecule has 28 heavy (non-hydrogen) atoms. The van der Waals surface area contributed by atoms with Crippen LogP contribution in [0.2, 0.25) is 5.02 Å². The highest BCUT2D eigenvalue weighted by Crippen LogP contribution is 2.35. The first kappa shape index (κ1) is 18.8. The Morgan fingerprint density at radius 3 is 2.82 bits per heavy atom. The van der Waals surface area contributed by atoms with Gasteiger partial charge in [-0.3, -0.25) is 9.59 Å². The van der Waals surface area contributed by atoms with Crippen molar-refractivity contribution in [2.45, 2.75) is 13.0 Å². The molecule has 7 nitrogen and oxygen atoms in total. The standard InChI is InChI=1S/C19H17ClN4O3S/c1-11-3-2-4-14(21-11)17(25)22-12-5-6-15(13(20)9-12)24-18(26)16-10-28-8-7-23(16)19(24)27/h2-6,9,16H,7-8,10H2,1H3,(H,22,25). The van der Waals surface area contributed by atoms with E-state index in [9.17, 15) is 14.4 Å². The van der Waals surface area contributed by atoms with E-state index in [4.69, 9.17) is 11.6 Å². The lowest BCUT2D eigenvalue weighted by Gasteiger charge is -2.25. The number of aromatic nitrogens is 1. The Morgan fingerprint density at radius 2 is 2.11 bits per heavy atom. The number of pyridine rings is 1. The summed E-state index contributed by atoms with van der Waals surface area (Å²) >= 11 is 8.01. The van der Waals surface area contributed by atoms with Crippen molar-refractivity contribution in [3.63, 3.8) is 0 Å². The van der Waals surface area contributed by atoms with Gasteiger partial charge in [-0.2, -0.15) is 11.8 Å². The van der Waals surface area contributed by atoms with Crippen LogP contribution in [0.3, 0.4) is 0 Å². The molecule has 4 amide bonds. The summed E-state index contributed by atoms with van der Waals surface area (Å²) in [7, 11) is 0. The smallest absolute Gasteiger partial charge is 0.321 e. The fourth-order valence-corrected chi connectivity index (χ4v) is 4.56. The Hall–Kier alpha value is -2.58. The first-order valence-electron chi connectivity index (χ1n) is 8.72. The zero-order valence-electron chi connectivity index (χ0n) is 15.0. The van der Waals surface area contributed by atoms with E-state index in [-0.39, 0.29) is 22.9 Å². The second-order valence-electron chi connectivity index (χ2n) is 6.52. The van der Waals surface area contributed by atoms with Crippen LogP contribution >= 0.6 is 23.4 Å². The summed E-state index contributed by atoms with van der Waals surface area (Å²) in [5, 5.41) is 2.94. The molecule has 0 radical (unpaired) electrons. The number of halogens is 1. The number of benzene rings is 1. The molecule has 9 heteroatoms. The van der Waals surface area contributed by atoms with Crippen LogP contribution in [-0.4, -0.2) is 51.8 Å². The minimum atomic E-state index is -0.436. The fraction of sp³-hybridized carbons (Fsp3) is 0.263. The number of nitrogens with one attached hydrogen (secondary N) is 1. The molecule has 2 saturated heterocycles. The molecule has 4 rings (SSSR count). The second kappa shape index (κ2) is 7.44. The molecule has 2 fully saturated rings. The van der Waals surface area contributed by atoms with E-state index in [1.54, 1.807) is 53.9 Å². The summed E-state index contributed by atoms with van der Waals surface area (Å²) in [4.78, 5) is 44.6. The quantitative estimate of drug-likeness (QED) is 0.777. The minimum Gasteiger partial charge on any atom is -0.321 e. The molecule has 2 aromatic rings. The molecule has 1 unspecified atom stereocenters. The van der Waals surface area contributed by atoms with Crippen LogP contribution < -0.4 is 10.2 Å². The van der Waals surface area contributed by atoms with Crippen LogP contribution in [-0.2, 0) is 4.79 Å². The highest BCUT2D eigenvalue weighted by Gasteiger charge is 2.47. The average molecular weight is 417 g/mol. The number of carbonyl (C=O) groups is 3. The first-order chi connectivity index (χ1) is 13.5. The van der Waals surface area contributed by atoms with Gasteiger partial charge in [0.1, 0.15) is 11.7 Å². The van der Waals surface area contributed by atoms with Crippen molar-refractivity contribution in [3.05, 3.63) is 52.8 Å². The molecular formula is C19H17ClN4O3S. The Balaban J connectivity index is 1.56. The lowest BCUT2D eigenvalue weighted by Crippen LogP contribution is -2.41. The molecule has 0 aliphatic carbocycles. The van der Waals surface area contributed by atoms with Gasteiger partial charge in [0, 0.05) is 29.4 Å². The lowest BCUT2D eigenvalue weighted by atomic mass is 10.2. The molecule has 2 aliphatic heterocycles. The second-order valence-corrected chi connectivity index (χ2v) is 8.08. The van der Waals surface area contributed by atoms with E-state index in [1.165, 1.54) is 6.07 Å². The number of imide groups is 1. The number of hydrogen-bond donors (Lipinski definition) is 1. The van der Waals surface area contributed by atoms with Gasteiger partial charge in [-0.1, -0.05) is 17.7 Å². The van der Waals surface area contributed by atoms with E-state index in [0.717, 1.165) is 16.3 Å². The van der Waals surface area contributed by atoms with Gasteiger partial charge in [-0.15, -0.1) is 0 Å². The monoisotopic (exact) mass is 416 g/mol. The number of anilines is 2. The third kappa shape index (κ3) is 3.33. The predicted octanol–water partition coefficient (Wildman–Crippen LogP) is 3.18. The van der Waals surface area contributed by atoms with Gasteiger partial charge in [-0.25, -0.2) is 14.7 Å². The van der Waals surface area contributed by atoms with E-state index in [1.807, 2.05) is 0 Å². The number of fused-ring (bicyclic) bond motifs is 1. The molecule has 1 aromatic heterocycles. The van der Waals surface area contributed by atoms with Crippen molar-refractivity contribution in [2.75, 3.05) is 28.3 Å². The van der Waals surface area contributed by atoms with Crippen molar-refractivity contribution >= 4 is 52.6 Å². The van der Waals surface area contributed by atoms with Gasteiger partial charge in [0.25, 0.3) is 11.8 Å². The van der Waals surface area contributed by atoms with Gasteiger partial charge in [-0.05, 0) is 37.3 Å². The SMILES string of the molecule is Cc1cccc(C(=O)Nc2ccc(N3C(=O)C4CSCCN4C3=O)c(Cl)c2)n1. The lowest BCUT2D eigenvalue weighted by molar-refractivity contribution is -0.119. The Morgan fingerprint density at radius 1 is 1.29 bits per heavy atom. The topological polar surface area (TPSA) is 82.6 Å². The van der Waals surface area contributed by atoms with Crippen LogP contribution in [0.5, 0.6) is 0 Å². The Labute approximate surface area is 171 Å². The maximum Gasteiger partial charge on any atom is 0.332 e. The van der Waals surface area contributed by atoms with E-state index in [2.05, 4.69) is 10.3 Å². The summed E-state index contributed by atoms with van der Waals surface area (Å²) in [6.07, 6.45) is 0. The number of rotatable bonds is 3. The summed E-state index contributed by atoms with van der Waals surface area (Å²) in [5.74, 6) is 0.778. The Bertz CT molecular complexity index is 959. The highest BCUT2D eigenvalue weighted by atomic mass is 35.5. The van der Waals surface area contributed by atoms with Gasteiger partial charge in [0.2, 0.25) is 0 Å². The predicted molar refractivity (Wildman–Crippen MR) is 109 cm³/mol. The molecule has 1 N–H and O–H groups in total. The molecular weight excluding hydrogens is 400 g/mol. The molecule has 0 spiro atoms. The van der Waals surface area contributed by atoms with Crippen LogP contribution in [0.15, 0.2) is 36.4 Å². The number of thioether (sulfide) groups is 1. The number of hydrogen-bond acceptors (Lipinski definition) is 5. The maximum atomic E-state index is 12.7. The molecule has 144 valence electrons. The average Bonchev–Trinajstić information content (AvgIpc) is 2.93. The zero-order valence-corrected chi connectivity index (χ0v) is 16.6. The number of urea groups is 1. The van der Waals surface area contributed by atoms with E-state index < -0.39 is 6.04 Å². The molecule has 0 saturated carbocycles. The minimum absolute atomic E-state index is 0.212. The number of aryl methyl sites for hydroxylation is 1. The summed E-state index contributed by atoms with van der Waals surface area (Å²) in [6, 6.07) is 9.10. The third-order valence-electron chi connectivity index (χ3n) is 4.64. The molecule has 1 aromatic carbocycles. The van der Waals surface area contributed by atoms with E-state index >= 15 is 0 Å². The van der Waals surface area contributed by atoms with Gasteiger partial charge in [0.05, 0.1) is 10.7 Å². The maximum absolute atomic E-state index is 12.7. The normalized spacial score (nSPS) is 19.0. The highest BCUT2D eigenvalue weighted by molar-refractivity contribution is 7.99. The molecule has 1 atom stereocenters. The number of nitrogens with zero attached hydrogens (tertiary/aromatic N) is 3. The van der Waals surface area contributed by atoms with Gasteiger partial charge >= 0.3 is 6.03 Å². The van der Waals surface area contributed by atoms with Crippen molar-refractivity contribution in [1.82, 2.24) is 9.88 Å². The third-order valence-corrected chi connectivity index (χ3v) is 5.96. The molecule has 3 heterocycles.